The van der Waals surface area contributed by atoms with Crippen LogP contribution in [0.3, 0.4) is 0 Å². The summed E-state index contributed by atoms with van der Waals surface area (Å²) in [5.74, 6) is 1.51. The second-order valence-electron chi connectivity index (χ2n) is 4.34. The second-order valence-corrected chi connectivity index (χ2v) is 4.34. The Labute approximate surface area is 97.4 Å². The first-order valence-corrected chi connectivity index (χ1v) is 5.78. The van der Waals surface area contributed by atoms with E-state index in [1.807, 2.05) is 12.1 Å². The Kier molecular flexibility index (Phi) is 3.45. The Morgan fingerprint density at radius 3 is 2.56 bits per heavy atom. The molecular weight excluding hydrogens is 196 g/mol. The highest BCUT2D eigenvalue weighted by Crippen LogP contribution is 2.27. The van der Waals surface area contributed by atoms with E-state index in [1.165, 1.54) is 11.1 Å². The lowest BCUT2D eigenvalue weighted by Gasteiger charge is -2.13. The molecule has 1 unspecified atom stereocenters. The minimum Gasteiger partial charge on any atom is -0.497 e. The first-order chi connectivity index (χ1) is 7.79. The van der Waals surface area contributed by atoms with Crippen LogP contribution in [0.2, 0.25) is 0 Å². The number of ether oxygens (including phenoxy) is 1. The Bertz CT molecular complexity index is 398. The van der Waals surface area contributed by atoms with Gasteiger partial charge in [0.05, 0.1) is 7.11 Å². The van der Waals surface area contributed by atoms with Crippen molar-refractivity contribution in [1.29, 1.82) is 0 Å². The van der Waals surface area contributed by atoms with Crippen LogP contribution in [-0.4, -0.2) is 7.11 Å². The fraction of sp³-hybridized carbons (Fsp3) is 0.333. The van der Waals surface area contributed by atoms with Crippen LogP contribution in [0.25, 0.3) is 0 Å². The van der Waals surface area contributed by atoms with E-state index in [0.29, 0.717) is 5.92 Å². The molecule has 1 nitrogen and oxygen atoms in total. The summed E-state index contributed by atoms with van der Waals surface area (Å²) in [6, 6.07) is 8.39. The molecule has 1 heteroatoms. The summed E-state index contributed by atoms with van der Waals surface area (Å²) in [5.41, 5.74) is 2.91. The number of hydrogen-bond acceptors (Lipinski definition) is 1. The summed E-state index contributed by atoms with van der Waals surface area (Å²) >= 11 is 0. The van der Waals surface area contributed by atoms with Crippen molar-refractivity contribution in [2.24, 2.45) is 0 Å². The molecule has 0 spiro atoms. The summed E-state index contributed by atoms with van der Waals surface area (Å²) < 4.78 is 5.16. The zero-order valence-corrected chi connectivity index (χ0v) is 9.94. The van der Waals surface area contributed by atoms with E-state index >= 15 is 0 Å². The smallest absolute Gasteiger partial charge is 0.118 e. The van der Waals surface area contributed by atoms with Crippen molar-refractivity contribution in [3.05, 3.63) is 53.6 Å². The van der Waals surface area contributed by atoms with Crippen molar-refractivity contribution in [1.82, 2.24) is 0 Å². The Balaban J connectivity index is 2.00. The van der Waals surface area contributed by atoms with Crippen LogP contribution in [0.5, 0.6) is 5.75 Å². The molecule has 16 heavy (non-hydrogen) atoms. The van der Waals surface area contributed by atoms with E-state index in [9.17, 15) is 0 Å². The average molecular weight is 214 g/mol. The van der Waals surface area contributed by atoms with E-state index in [4.69, 9.17) is 4.74 Å². The van der Waals surface area contributed by atoms with Crippen molar-refractivity contribution < 1.29 is 4.74 Å². The molecule has 0 heterocycles. The summed E-state index contributed by atoms with van der Waals surface area (Å²) in [6.45, 7) is 2.28. The predicted molar refractivity (Wildman–Crippen MR) is 67.9 cm³/mol. The maximum atomic E-state index is 5.16. The zero-order valence-electron chi connectivity index (χ0n) is 9.94. The van der Waals surface area contributed by atoms with Gasteiger partial charge in [-0.15, -0.1) is 0 Å². The number of rotatable bonds is 4. The van der Waals surface area contributed by atoms with E-state index in [-0.39, 0.29) is 0 Å². The van der Waals surface area contributed by atoms with Crippen LogP contribution < -0.4 is 4.74 Å². The van der Waals surface area contributed by atoms with Gasteiger partial charge in [-0.3, -0.25) is 0 Å². The van der Waals surface area contributed by atoms with Gasteiger partial charge in [-0.05, 0) is 36.5 Å². The average Bonchev–Trinajstić information content (AvgIpc) is 2.82. The van der Waals surface area contributed by atoms with Gasteiger partial charge in [0.2, 0.25) is 0 Å². The highest BCUT2D eigenvalue weighted by Gasteiger charge is 2.09. The van der Waals surface area contributed by atoms with Gasteiger partial charge in [-0.1, -0.05) is 42.9 Å². The molecule has 1 aromatic carbocycles. The predicted octanol–water partition coefficient (Wildman–Crippen LogP) is 4.08. The second kappa shape index (κ2) is 5.02. The Hall–Kier alpha value is -1.50. The molecule has 0 saturated heterocycles. The fourth-order valence-corrected chi connectivity index (χ4v) is 2.09. The maximum Gasteiger partial charge on any atom is 0.118 e. The standard InChI is InChI=1S/C15H18O/c1-12(11-13-5-3-4-6-13)14-7-9-15(16-2)10-8-14/h3-5,7-10,12H,6,11H2,1-2H3. The third kappa shape index (κ3) is 2.54. The van der Waals surface area contributed by atoms with Crippen molar-refractivity contribution in [2.45, 2.75) is 25.7 Å². The quantitative estimate of drug-likeness (QED) is 0.734. The molecule has 0 amide bonds. The minimum absolute atomic E-state index is 0.581. The van der Waals surface area contributed by atoms with Crippen molar-refractivity contribution in [2.75, 3.05) is 7.11 Å². The summed E-state index contributed by atoms with van der Waals surface area (Å²) in [6.07, 6.45) is 8.88. The van der Waals surface area contributed by atoms with Crippen LogP contribution >= 0.6 is 0 Å². The van der Waals surface area contributed by atoms with E-state index < -0.39 is 0 Å². The summed E-state index contributed by atoms with van der Waals surface area (Å²) in [5, 5.41) is 0. The summed E-state index contributed by atoms with van der Waals surface area (Å²) in [4.78, 5) is 0. The molecule has 1 atom stereocenters. The molecule has 1 aliphatic rings. The van der Waals surface area contributed by atoms with Crippen LogP contribution in [0.1, 0.15) is 31.2 Å². The van der Waals surface area contributed by atoms with Crippen LogP contribution in [-0.2, 0) is 0 Å². The van der Waals surface area contributed by atoms with Gasteiger partial charge in [-0.25, -0.2) is 0 Å². The van der Waals surface area contributed by atoms with Crippen molar-refractivity contribution >= 4 is 0 Å². The molecule has 0 fully saturated rings. The maximum absolute atomic E-state index is 5.16. The molecule has 2 rings (SSSR count). The van der Waals surface area contributed by atoms with Crippen molar-refractivity contribution in [3.63, 3.8) is 0 Å². The molecule has 0 aromatic heterocycles. The van der Waals surface area contributed by atoms with Crippen LogP contribution in [0.4, 0.5) is 0 Å². The lowest BCUT2D eigenvalue weighted by atomic mass is 9.93. The largest absolute Gasteiger partial charge is 0.497 e. The lowest BCUT2D eigenvalue weighted by Crippen LogP contribution is -1.95. The van der Waals surface area contributed by atoms with Crippen molar-refractivity contribution in [3.8, 4) is 5.75 Å². The summed E-state index contributed by atoms with van der Waals surface area (Å²) in [7, 11) is 1.70. The van der Waals surface area contributed by atoms with E-state index in [2.05, 4.69) is 37.3 Å². The Morgan fingerprint density at radius 2 is 2.00 bits per heavy atom. The monoisotopic (exact) mass is 214 g/mol. The first kappa shape index (κ1) is 11.0. The minimum atomic E-state index is 0.581. The van der Waals surface area contributed by atoms with Gasteiger partial charge in [0, 0.05) is 0 Å². The number of allylic oxidation sites excluding steroid dienone is 4. The molecular formula is C15H18O. The molecule has 1 aromatic rings. The van der Waals surface area contributed by atoms with Crippen LogP contribution in [0.15, 0.2) is 48.1 Å². The van der Waals surface area contributed by atoms with E-state index in [1.54, 1.807) is 7.11 Å². The molecule has 84 valence electrons. The molecule has 0 radical (unpaired) electrons. The number of benzene rings is 1. The molecule has 0 bridgehead atoms. The van der Waals surface area contributed by atoms with E-state index in [0.717, 1.165) is 18.6 Å². The molecule has 0 N–H and O–H groups in total. The topological polar surface area (TPSA) is 9.23 Å². The van der Waals surface area contributed by atoms with Gasteiger partial charge >= 0.3 is 0 Å². The van der Waals surface area contributed by atoms with Gasteiger partial charge < -0.3 is 4.74 Å². The molecule has 0 saturated carbocycles. The van der Waals surface area contributed by atoms with Crippen LogP contribution in [0, 0.1) is 0 Å². The van der Waals surface area contributed by atoms with Gasteiger partial charge in [-0.2, -0.15) is 0 Å². The first-order valence-electron chi connectivity index (χ1n) is 5.78. The SMILES string of the molecule is COc1ccc(C(C)CC2=CC=CC2)cc1. The van der Waals surface area contributed by atoms with Gasteiger partial charge in [0.1, 0.15) is 5.75 Å². The highest BCUT2D eigenvalue weighted by molar-refractivity contribution is 5.31. The lowest BCUT2D eigenvalue weighted by molar-refractivity contribution is 0.414. The Morgan fingerprint density at radius 1 is 1.25 bits per heavy atom. The number of methoxy groups -OCH3 is 1. The van der Waals surface area contributed by atoms with Gasteiger partial charge in [0.25, 0.3) is 0 Å². The third-order valence-electron chi connectivity index (χ3n) is 3.10. The fourth-order valence-electron chi connectivity index (χ4n) is 2.09. The molecule has 0 aliphatic heterocycles. The van der Waals surface area contributed by atoms with Gasteiger partial charge in [0.15, 0.2) is 0 Å². The molecule has 1 aliphatic carbocycles. The zero-order chi connectivity index (χ0) is 11.4. The number of hydrogen-bond donors (Lipinski definition) is 0. The normalized spacial score (nSPS) is 16.0. The highest BCUT2D eigenvalue weighted by atomic mass is 16.5. The third-order valence-corrected chi connectivity index (χ3v) is 3.10.